The van der Waals surface area contributed by atoms with E-state index in [1.165, 1.54) is 0 Å². The van der Waals surface area contributed by atoms with Crippen molar-refractivity contribution in [1.82, 2.24) is 0 Å². The summed E-state index contributed by atoms with van der Waals surface area (Å²) in [6.45, 7) is 0. The van der Waals surface area contributed by atoms with E-state index in [0.29, 0.717) is 12.1 Å². The lowest BCUT2D eigenvalue weighted by Crippen LogP contribution is -2.12. The lowest BCUT2D eigenvalue weighted by molar-refractivity contribution is -0.131. The third-order valence-corrected chi connectivity index (χ3v) is 1.38. The zero-order chi connectivity index (χ0) is 10.0. The third kappa shape index (κ3) is 2.33. The molecule has 0 aliphatic carbocycles. The van der Waals surface area contributed by atoms with E-state index >= 15 is 0 Å². The van der Waals surface area contributed by atoms with Crippen molar-refractivity contribution in [3.63, 3.8) is 0 Å². The van der Waals surface area contributed by atoms with Gasteiger partial charge in [-0.25, -0.2) is 13.6 Å². The molecule has 14 heavy (non-hydrogen) atoms. The van der Waals surface area contributed by atoms with Crippen molar-refractivity contribution in [2.75, 3.05) is 0 Å². The summed E-state index contributed by atoms with van der Waals surface area (Å²) in [5.41, 5.74) is -0.383. The molecule has 0 aliphatic heterocycles. The average molecular weight is 204 g/mol. The quantitative estimate of drug-likeness (QED) is 0.559. The monoisotopic (exact) mass is 204 g/mol. The number of ketones is 1. The maximum Gasteiger partial charge on any atom is 0.377 e. The van der Waals surface area contributed by atoms with E-state index in [2.05, 4.69) is 0 Å². The maximum atomic E-state index is 12.5. The Morgan fingerprint density at radius 1 is 1.14 bits per heavy atom. The summed E-state index contributed by atoms with van der Waals surface area (Å²) in [6, 6.07) is 2.16. The summed E-state index contributed by atoms with van der Waals surface area (Å²) in [5, 5.41) is 8.23. The van der Waals surface area contributed by atoms with Crippen molar-refractivity contribution in [1.29, 1.82) is 0 Å². The molecule has 0 saturated heterocycles. The molecule has 0 spiro atoms. The van der Waals surface area contributed by atoms with Gasteiger partial charge in [0.25, 0.3) is 5.78 Å². The van der Waals surface area contributed by atoms with Crippen LogP contribution in [0, 0.1) is 11.6 Å². The van der Waals surface area contributed by atoms with Gasteiger partial charge >= 0.3 is 5.97 Å². The highest BCUT2D eigenvalue weighted by Crippen LogP contribution is 2.09. The van der Waals surface area contributed by atoms with Crippen LogP contribution < -0.4 is 0 Å². The number of hydrogen-bond donors (Lipinski definition) is 1. The largest absolute Gasteiger partial charge is 0.475 e. The normalized spacial score (nSPS) is 9.00. The molecule has 0 atom stereocenters. The summed E-state index contributed by atoms with van der Waals surface area (Å²) in [7, 11) is 0. The Bertz CT molecular complexity index is 376. The second-order valence-electron chi connectivity index (χ2n) is 2.26. The van der Waals surface area contributed by atoms with Crippen LogP contribution in [0.1, 0.15) is 10.4 Å². The first-order valence-corrected chi connectivity index (χ1v) is 3.25. The summed E-state index contributed by atoms with van der Waals surface area (Å²) in [6.07, 6.45) is 0. The molecule has 0 amide bonds. The predicted octanol–water partition coefficient (Wildman–Crippen LogP) is 0.407. The number of carbonyl (C=O) groups excluding carboxylic acids is 1. The van der Waals surface area contributed by atoms with Crippen LogP contribution in [0.25, 0.3) is 0 Å². The molecule has 3 N–H and O–H groups in total. The van der Waals surface area contributed by atoms with Gasteiger partial charge in [-0.15, -0.1) is 0 Å². The van der Waals surface area contributed by atoms with Gasteiger partial charge in [0.2, 0.25) is 0 Å². The van der Waals surface area contributed by atoms with Crippen LogP contribution in [-0.4, -0.2) is 22.3 Å². The van der Waals surface area contributed by atoms with E-state index in [-0.39, 0.29) is 11.0 Å². The van der Waals surface area contributed by atoms with Crippen LogP contribution in [0.2, 0.25) is 0 Å². The molecule has 76 valence electrons. The number of carboxylic acids is 1. The fraction of sp³-hybridized carbons (Fsp3) is 0. The van der Waals surface area contributed by atoms with Gasteiger partial charge in [-0.1, -0.05) is 0 Å². The highest BCUT2D eigenvalue weighted by molar-refractivity contribution is 6.39. The molecule has 0 unspecified atom stereocenters. The predicted molar refractivity (Wildman–Crippen MR) is 41.9 cm³/mol. The molecule has 1 aromatic rings. The van der Waals surface area contributed by atoms with Crippen molar-refractivity contribution >= 4 is 11.8 Å². The first kappa shape index (κ1) is 12.2. The van der Waals surface area contributed by atoms with E-state index in [4.69, 9.17) is 5.11 Å². The van der Waals surface area contributed by atoms with Gasteiger partial charge in [0.05, 0.1) is 0 Å². The van der Waals surface area contributed by atoms with Crippen molar-refractivity contribution in [2.24, 2.45) is 0 Å². The van der Waals surface area contributed by atoms with Gasteiger partial charge in [0.1, 0.15) is 0 Å². The highest BCUT2D eigenvalue weighted by atomic mass is 19.2. The van der Waals surface area contributed by atoms with Gasteiger partial charge in [0.15, 0.2) is 11.6 Å². The minimum absolute atomic E-state index is 0. The third-order valence-electron chi connectivity index (χ3n) is 1.38. The summed E-state index contributed by atoms with van der Waals surface area (Å²) >= 11 is 0. The first-order chi connectivity index (χ1) is 6.02. The van der Waals surface area contributed by atoms with Gasteiger partial charge in [-0.3, -0.25) is 4.79 Å². The van der Waals surface area contributed by atoms with Crippen LogP contribution in [0.3, 0.4) is 0 Å². The second-order valence-corrected chi connectivity index (χ2v) is 2.26. The molecular weight excluding hydrogens is 198 g/mol. The molecule has 0 bridgehead atoms. The molecule has 0 aromatic heterocycles. The van der Waals surface area contributed by atoms with Crippen molar-refractivity contribution in [3.05, 3.63) is 35.4 Å². The molecule has 1 rings (SSSR count). The Hall–Kier alpha value is -1.82. The van der Waals surface area contributed by atoms with Crippen molar-refractivity contribution in [2.45, 2.75) is 0 Å². The van der Waals surface area contributed by atoms with Gasteiger partial charge in [-0.05, 0) is 18.2 Å². The fourth-order valence-corrected chi connectivity index (χ4v) is 0.761. The summed E-state index contributed by atoms with van der Waals surface area (Å²) < 4.78 is 24.8. The topological polar surface area (TPSA) is 85.9 Å². The maximum absolute atomic E-state index is 12.5. The van der Waals surface area contributed by atoms with E-state index in [1.807, 2.05) is 0 Å². The number of halogens is 2. The Balaban J connectivity index is 0.00000169. The lowest BCUT2D eigenvalue weighted by atomic mass is 10.1. The molecule has 0 heterocycles. The number of hydrogen-bond acceptors (Lipinski definition) is 2. The molecule has 0 aliphatic rings. The smallest absolute Gasteiger partial charge is 0.377 e. The standard InChI is InChI=1S/C8H4F2O3.H2O/c9-5-2-1-4(3-6(5)10)7(11)8(12)13;/h1-3H,(H,12,13);1H2. The Morgan fingerprint density at radius 2 is 1.71 bits per heavy atom. The number of carbonyl (C=O) groups is 2. The van der Waals surface area contributed by atoms with Crippen molar-refractivity contribution < 1.29 is 29.0 Å². The van der Waals surface area contributed by atoms with Crippen molar-refractivity contribution in [3.8, 4) is 0 Å². The molecule has 1 aromatic carbocycles. The second kappa shape index (κ2) is 4.43. The summed E-state index contributed by atoms with van der Waals surface area (Å²) in [4.78, 5) is 20.8. The SMILES string of the molecule is O.O=C(O)C(=O)c1ccc(F)c(F)c1. The molecule has 0 fully saturated rings. The molecule has 0 radical (unpaired) electrons. The zero-order valence-corrected chi connectivity index (χ0v) is 6.75. The molecular formula is C8H6F2O4. The average Bonchev–Trinajstić information content (AvgIpc) is 2.08. The molecule has 0 saturated carbocycles. The van der Waals surface area contributed by atoms with Gasteiger partial charge in [-0.2, -0.15) is 0 Å². The first-order valence-electron chi connectivity index (χ1n) is 3.25. The van der Waals surface area contributed by atoms with Crippen LogP contribution >= 0.6 is 0 Å². The number of benzene rings is 1. The molecule has 6 heteroatoms. The number of aliphatic carboxylic acids is 1. The Morgan fingerprint density at radius 3 is 2.14 bits per heavy atom. The van der Waals surface area contributed by atoms with Crippen LogP contribution in [-0.2, 0) is 4.79 Å². The minimum Gasteiger partial charge on any atom is -0.475 e. The minimum atomic E-state index is -1.70. The Kier molecular flexibility index (Phi) is 3.85. The van der Waals surface area contributed by atoms with Crippen LogP contribution in [0.15, 0.2) is 18.2 Å². The van der Waals surface area contributed by atoms with Crippen LogP contribution in [0.5, 0.6) is 0 Å². The fourth-order valence-electron chi connectivity index (χ4n) is 0.761. The highest BCUT2D eigenvalue weighted by Gasteiger charge is 2.15. The Labute approximate surface area is 77.1 Å². The van der Waals surface area contributed by atoms with Gasteiger partial charge in [0, 0.05) is 5.56 Å². The lowest BCUT2D eigenvalue weighted by Gasteiger charge is -1.96. The zero-order valence-electron chi connectivity index (χ0n) is 6.75. The van der Waals surface area contributed by atoms with Gasteiger partial charge < -0.3 is 10.6 Å². The van der Waals surface area contributed by atoms with E-state index < -0.39 is 23.4 Å². The van der Waals surface area contributed by atoms with Crippen LogP contribution in [0.4, 0.5) is 8.78 Å². The summed E-state index contributed by atoms with van der Waals surface area (Å²) in [5.74, 6) is -5.33. The number of carboxylic acid groups (broad SMARTS) is 1. The van der Waals surface area contributed by atoms with E-state index in [0.717, 1.165) is 6.07 Å². The molecule has 4 nitrogen and oxygen atoms in total. The number of Topliss-reactive ketones (excluding diaryl/α,β-unsaturated/α-hetero) is 1. The number of rotatable bonds is 2. The van der Waals surface area contributed by atoms with E-state index in [1.54, 1.807) is 0 Å². The van der Waals surface area contributed by atoms with E-state index in [9.17, 15) is 18.4 Å².